The first-order valence-corrected chi connectivity index (χ1v) is 5.93. The van der Waals surface area contributed by atoms with Gasteiger partial charge in [0, 0.05) is 12.2 Å². The van der Waals surface area contributed by atoms with E-state index in [4.69, 9.17) is 10.8 Å². The molecule has 1 rings (SSSR count). The summed E-state index contributed by atoms with van der Waals surface area (Å²) in [6.45, 7) is 6.95. The number of hydrogen-bond donors (Lipinski definition) is 2. The van der Waals surface area contributed by atoms with Crippen LogP contribution in [0.25, 0.3) is 0 Å². The minimum atomic E-state index is -0.910. The van der Waals surface area contributed by atoms with E-state index in [1.54, 1.807) is 18.2 Å². The topological polar surface area (TPSA) is 66.6 Å². The second kappa shape index (κ2) is 6.25. The maximum Gasteiger partial charge on any atom is 0.336 e. The highest BCUT2D eigenvalue weighted by molar-refractivity contribution is 5.91. The number of carbonyl (C=O) groups is 1. The fourth-order valence-electron chi connectivity index (χ4n) is 1.89. The van der Waals surface area contributed by atoms with Crippen molar-refractivity contribution in [2.24, 2.45) is 0 Å². The molecule has 0 saturated carbocycles. The molecule has 0 heterocycles. The van der Waals surface area contributed by atoms with Crippen LogP contribution in [-0.2, 0) is 6.42 Å². The fourth-order valence-corrected chi connectivity index (χ4v) is 1.89. The quantitative estimate of drug-likeness (QED) is 0.740. The zero-order chi connectivity index (χ0) is 12.8. The van der Waals surface area contributed by atoms with E-state index in [0.717, 1.165) is 25.2 Å². The van der Waals surface area contributed by atoms with Crippen molar-refractivity contribution < 1.29 is 9.90 Å². The summed E-state index contributed by atoms with van der Waals surface area (Å²) in [5.74, 6) is -0.910. The van der Waals surface area contributed by atoms with Crippen molar-refractivity contribution in [1.29, 1.82) is 0 Å². The van der Waals surface area contributed by atoms with Crippen LogP contribution in [-0.4, -0.2) is 35.6 Å². The lowest BCUT2D eigenvalue weighted by atomic mass is 10.0. The van der Waals surface area contributed by atoms with Crippen LogP contribution in [0.4, 0.5) is 5.69 Å². The van der Waals surface area contributed by atoms with E-state index in [-0.39, 0.29) is 0 Å². The summed E-state index contributed by atoms with van der Waals surface area (Å²) in [4.78, 5) is 13.3. The zero-order valence-corrected chi connectivity index (χ0v) is 10.4. The normalized spacial score (nSPS) is 10.8. The molecular weight excluding hydrogens is 216 g/mol. The second-order valence-corrected chi connectivity index (χ2v) is 3.96. The summed E-state index contributed by atoms with van der Waals surface area (Å²) >= 11 is 0. The van der Waals surface area contributed by atoms with Gasteiger partial charge in [0.05, 0.1) is 5.56 Å². The third-order valence-electron chi connectivity index (χ3n) is 3.02. The Morgan fingerprint density at radius 2 is 2.00 bits per heavy atom. The summed E-state index contributed by atoms with van der Waals surface area (Å²) in [5.41, 5.74) is 7.47. The Kier molecular flexibility index (Phi) is 4.97. The fraction of sp³-hybridized carbons (Fsp3) is 0.462. The highest BCUT2D eigenvalue weighted by atomic mass is 16.4. The predicted molar refractivity (Wildman–Crippen MR) is 69.3 cm³/mol. The van der Waals surface area contributed by atoms with E-state index < -0.39 is 5.97 Å². The molecule has 0 saturated heterocycles. The summed E-state index contributed by atoms with van der Waals surface area (Å²) in [5, 5.41) is 9.10. The van der Waals surface area contributed by atoms with Crippen LogP contribution in [0, 0.1) is 0 Å². The van der Waals surface area contributed by atoms with Crippen molar-refractivity contribution in [2.75, 3.05) is 25.4 Å². The van der Waals surface area contributed by atoms with Gasteiger partial charge in [-0.2, -0.15) is 0 Å². The number of anilines is 1. The molecule has 0 unspecified atom stereocenters. The molecule has 17 heavy (non-hydrogen) atoms. The SMILES string of the molecule is CCN(CC)CCc1c(N)cccc1C(=O)O. The van der Waals surface area contributed by atoms with Crippen LogP contribution in [0.3, 0.4) is 0 Å². The van der Waals surface area contributed by atoms with Crippen molar-refractivity contribution in [3.8, 4) is 0 Å². The van der Waals surface area contributed by atoms with E-state index in [0.29, 0.717) is 17.7 Å². The van der Waals surface area contributed by atoms with Gasteiger partial charge in [-0.05, 0) is 37.2 Å². The van der Waals surface area contributed by atoms with Gasteiger partial charge < -0.3 is 15.7 Å². The van der Waals surface area contributed by atoms with Gasteiger partial charge in [0.2, 0.25) is 0 Å². The Bertz CT molecular complexity index is 387. The van der Waals surface area contributed by atoms with Crippen LogP contribution < -0.4 is 5.73 Å². The number of hydrogen-bond acceptors (Lipinski definition) is 3. The lowest BCUT2D eigenvalue weighted by Crippen LogP contribution is -2.26. The summed E-state index contributed by atoms with van der Waals surface area (Å²) in [7, 11) is 0. The average Bonchev–Trinajstić information content (AvgIpc) is 2.31. The summed E-state index contributed by atoms with van der Waals surface area (Å²) < 4.78 is 0. The lowest BCUT2D eigenvalue weighted by Gasteiger charge is -2.19. The Hall–Kier alpha value is -1.55. The summed E-state index contributed by atoms with van der Waals surface area (Å²) in [6, 6.07) is 5.04. The molecule has 1 aromatic carbocycles. The molecule has 0 amide bonds. The predicted octanol–water partition coefficient (Wildman–Crippen LogP) is 1.85. The van der Waals surface area contributed by atoms with Crippen molar-refractivity contribution >= 4 is 11.7 Å². The lowest BCUT2D eigenvalue weighted by molar-refractivity contribution is 0.0695. The molecule has 0 aliphatic carbocycles. The first kappa shape index (κ1) is 13.5. The molecule has 3 N–H and O–H groups in total. The van der Waals surface area contributed by atoms with Crippen molar-refractivity contribution in [1.82, 2.24) is 4.90 Å². The number of aromatic carboxylic acids is 1. The van der Waals surface area contributed by atoms with Crippen LogP contribution >= 0.6 is 0 Å². The average molecular weight is 236 g/mol. The third-order valence-corrected chi connectivity index (χ3v) is 3.02. The number of nitrogen functional groups attached to an aromatic ring is 1. The number of carboxylic acids is 1. The molecule has 0 atom stereocenters. The molecule has 4 heteroatoms. The Morgan fingerprint density at radius 1 is 1.35 bits per heavy atom. The molecule has 0 aliphatic heterocycles. The number of carboxylic acid groups (broad SMARTS) is 1. The van der Waals surface area contributed by atoms with Crippen LogP contribution in [0.15, 0.2) is 18.2 Å². The largest absolute Gasteiger partial charge is 0.478 e. The van der Waals surface area contributed by atoms with Gasteiger partial charge in [-0.1, -0.05) is 19.9 Å². The minimum absolute atomic E-state index is 0.317. The minimum Gasteiger partial charge on any atom is -0.478 e. The molecule has 0 fully saturated rings. The number of rotatable bonds is 6. The van der Waals surface area contributed by atoms with Gasteiger partial charge in [0.15, 0.2) is 0 Å². The number of benzene rings is 1. The molecule has 0 radical (unpaired) electrons. The van der Waals surface area contributed by atoms with E-state index in [2.05, 4.69) is 18.7 Å². The molecule has 94 valence electrons. The molecule has 0 aliphatic rings. The Labute approximate surface area is 102 Å². The van der Waals surface area contributed by atoms with Gasteiger partial charge >= 0.3 is 5.97 Å². The molecule has 4 nitrogen and oxygen atoms in total. The van der Waals surface area contributed by atoms with Crippen molar-refractivity contribution in [2.45, 2.75) is 20.3 Å². The smallest absolute Gasteiger partial charge is 0.336 e. The van der Waals surface area contributed by atoms with Crippen LogP contribution in [0.1, 0.15) is 29.8 Å². The highest BCUT2D eigenvalue weighted by Gasteiger charge is 2.13. The number of likely N-dealkylation sites (N-methyl/N-ethyl adjacent to an activating group) is 1. The Balaban J connectivity index is 2.85. The number of nitrogens with two attached hydrogens (primary N) is 1. The van der Waals surface area contributed by atoms with E-state index >= 15 is 0 Å². The van der Waals surface area contributed by atoms with Crippen molar-refractivity contribution in [3.05, 3.63) is 29.3 Å². The second-order valence-electron chi connectivity index (χ2n) is 3.96. The van der Waals surface area contributed by atoms with Crippen LogP contribution in [0.5, 0.6) is 0 Å². The zero-order valence-electron chi connectivity index (χ0n) is 10.4. The van der Waals surface area contributed by atoms with Gasteiger partial charge in [-0.15, -0.1) is 0 Å². The first-order valence-electron chi connectivity index (χ1n) is 5.93. The van der Waals surface area contributed by atoms with Gasteiger partial charge in [0.1, 0.15) is 0 Å². The van der Waals surface area contributed by atoms with Gasteiger partial charge in [0.25, 0.3) is 0 Å². The molecule has 1 aromatic rings. The van der Waals surface area contributed by atoms with E-state index in [1.807, 2.05) is 0 Å². The molecule has 0 aromatic heterocycles. The van der Waals surface area contributed by atoms with Gasteiger partial charge in [-0.3, -0.25) is 0 Å². The van der Waals surface area contributed by atoms with Crippen molar-refractivity contribution in [3.63, 3.8) is 0 Å². The van der Waals surface area contributed by atoms with E-state index in [1.165, 1.54) is 0 Å². The highest BCUT2D eigenvalue weighted by Crippen LogP contribution is 2.18. The first-order chi connectivity index (χ1) is 8.10. The third kappa shape index (κ3) is 3.46. The maximum absolute atomic E-state index is 11.1. The monoisotopic (exact) mass is 236 g/mol. The molecule has 0 bridgehead atoms. The maximum atomic E-state index is 11.1. The van der Waals surface area contributed by atoms with Crippen LogP contribution in [0.2, 0.25) is 0 Å². The number of nitrogens with zero attached hydrogens (tertiary/aromatic N) is 1. The van der Waals surface area contributed by atoms with Gasteiger partial charge in [-0.25, -0.2) is 4.79 Å². The standard InChI is InChI=1S/C13H20N2O2/c1-3-15(4-2)9-8-10-11(13(16)17)6-5-7-12(10)14/h5-7H,3-4,8-9,14H2,1-2H3,(H,16,17). The van der Waals surface area contributed by atoms with E-state index in [9.17, 15) is 4.79 Å². The molecular formula is C13H20N2O2. The Morgan fingerprint density at radius 3 is 2.53 bits per heavy atom. The molecule has 0 spiro atoms. The summed E-state index contributed by atoms with van der Waals surface area (Å²) in [6.07, 6.45) is 0.677.